The average Bonchev–Trinajstić information content (AvgIpc) is 2.86. The quantitative estimate of drug-likeness (QED) is 0.479. The molecule has 0 spiro atoms. The van der Waals surface area contributed by atoms with Crippen molar-refractivity contribution in [3.63, 3.8) is 0 Å². The smallest absolute Gasteiger partial charge is 0.305 e. The molecule has 0 amide bonds. The molecule has 0 saturated carbocycles. The number of hydrogen-bond donors (Lipinski definition) is 0. The number of nitro benzene ring substituents is 1. The van der Waals surface area contributed by atoms with E-state index in [2.05, 4.69) is 4.98 Å². The van der Waals surface area contributed by atoms with Crippen molar-refractivity contribution >= 4 is 5.69 Å². The number of aromatic nitrogens is 2. The predicted molar refractivity (Wildman–Crippen MR) is 60.2 cm³/mol. The van der Waals surface area contributed by atoms with Crippen molar-refractivity contribution in [1.29, 1.82) is 0 Å². The van der Waals surface area contributed by atoms with Gasteiger partial charge in [0.25, 0.3) is 5.69 Å². The number of halogens is 6. The van der Waals surface area contributed by atoms with Crippen molar-refractivity contribution in [2.45, 2.75) is 12.4 Å². The SMILES string of the molecule is O=[N+]([O-])c1ccc(-n2cnc(C(F)(F)F)c2)c(C(F)(F)F)c1. The number of nitro groups is 1. The molecule has 22 heavy (non-hydrogen) atoms. The van der Waals surface area contributed by atoms with E-state index < -0.39 is 39.9 Å². The minimum absolute atomic E-state index is 0.253. The maximum absolute atomic E-state index is 12.9. The Kier molecular flexibility index (Phi) is 3.59. The lowest BCUT2D eigenvalue weighted by Gasteiger charge is -2.13. The van der Waals surface area contributed by atoms with E-state index in [9.17, 15) is 36.5 Å². The Morgan fingerprint density at radius 2 is 1.73 bits per heavy atom. The highest BCUT2D eigenvalue weighted by Gasteiger charge is 2.37. The third kappa shape index (κ3) is 3.02. The summed E-state index contributed by atoms with van der Waals surface area (Å²) in [6, 6.07) is 1.73. The van der Waals surface area contributed by atoms with Crippen LogP contribution in [0.3, 0.4) is 0 Å². The molecule has 0 unspecified atom stereocenters. The molecule has 0 radical (unpaired) electrons. The number of alkyl halides is 6. The standard InChI is InChI=1S/C11H5F6N3O2/c12-10(13,14)7-3-6(20(21)22)1-2-8(7)19-4-9(18-5-19)11(15,16)17/h1-5H. The lowest BCUT2D eigenvalue weighted by atomic mass is 10.1. The summed E-state index contributed by atoms with van der Waals surface area (Å²) in [5.74, 6) is 0. The van der Waals surface area contributed by atoms with Gasteiger partial charge in [-0.05, 0) is 6.07 Å². The van der Waals surface area contributed by atoms with Crippen LogP contribution in [0.5, 0.6) is 0 Å². The molecule has 1 heterocycles. The largest absolute Gasteiger partial charge is 0.434 e. The van der Waals surface area contributed by atoms with E-state index >= 15 is 0 Å². The summed E-state index contributed by atoms with van der Waals surface area (Å²) in [6.45, 7) is 0. The normalized spacial score (nSPS) is 12.5. The number of benzene rings is 1. The van der Waals surface area contributed by atoms with Crippen LogP contribution in [0, 0.1) is 10.1 Å². The van der Waals surface area contributed by atoms with Gasteiger partial charge in [0, 0.05) is 18.3 Å². The molecule has 0 N–H and O–H groups in total. The molecule has 2 rings (SSSR count). The van der Waals surface area contributed by atoms with E-state index in [4.69, 9.17) is 0 Å². The van der Waals surface area contributed by atoms with E-state index in [0.717, 1.165) is 6.07 Å². The van der Waals surface area contributed by atoms with E-state index in [-0.39, 0.29) is 6.07 Å². The van der Waals surface area contributed by atoms with Gasteiger partial charge in [0.15, 0.2) is 5.69 Å². The van der Waals surface area contributed by atoms with Gasteiger partial charge in [-0.2, -0.15) is 26.3 Å². The van der Waals surface area contributed by atoms with Crippen LogP contribution in [0.15, 0.2) is 30.7 Å². The highest BCUT2D eigenvalue weighted by molar-refractivity contribution is 5.50. The summed E-state index contributed by atoms with van der Waals surface area (Å²) < 4.78 is 76.6. The van der Waals surface area contributed by atoms with Gasteiger partial charge < -0.3 is 4.57 Å². The van der Waals surface area contributed by atoms with Gasteiger partial charge in [0.05, 0.1) is 22.5 Å². The zero-order valence-corrected chi connectivity index (χ0v) is 10.3. The molecule has 1 aromatic heterocycles. The fourth-order valence-electron chi connectivity index (χ4n) is 1.69. The zero-order chi connectivity index (χ0) is 16.7. The van der Waals surface area contributed by atoms with E-state index in [1.165, 1.54) is 0 Å². The van der Waals surface area contributed by atoms with Crippen LogP contribution in [0.4, 0.5) is 32.0 Å². The first-order chi connectivity index (χ1) is 10.00. The number of nitrogens with zero attached hydrogens (tertiary/aromatic N) is 3. The monoisotopic (exact) mass is 325 g/mol. The lowest BCUT2D eigenvalue weighted by molar-refractivity contribution is -0.385. The van der Waals surface area contributed by atoms with Crippen LogP contribution in [0.2, 0.25) is 0 Å². The molecule has 0 atom stereocenters. The van der Waals surface area contributed by atoms with Crippen LogP contribution in [-0.4, -0.2) is 14.5 Å². The second kappa shape index (κ2) is 5.00. The fraction of sp³-hybridized carbons (Fsp3) is 0.182. The van der Waals surface area contributed by atoms with Gasteiger partial charge in [0.1, 0.15) is 0 Å². The van der Waals surface area contributed by atoms with Crippen molar-refractivity contribution in [3.8, 4) is 5.69 Å². The number of hydrogen-bond acceptors (Lipinski definition) is 3. The average molecular weight is 325 g/mol. The van der Waals surface area contributed by atoms with Gasteiger partial charge in [-0.25, -0.2) is 4.98 Å². The molecule has 0 saturated heterocycles. The zero-order valence-electron chi connectivity index (χ0n) is 10.3. The van der Waals surface area contributed by atoms with Gasteiger partial charge >= 0.3 is 12.4 Å². The third-order valence-electron chi connectivity index (χ3n) is 2.65. The Bertz CT molecular complexity index is 719. The molecule has 5 nitrogen and oxygen atoms in total. The van der Waals surface area contributed by atoms with E-state index in [1.54, 1.807) is 0 Å². The first-order valence-corrected chi connectivity index (χ1v) is 5.47. The van der Waals surface area contributed by atoms with E-state index in [1.807, 2.05) is 0 Å². The number of non-ortho nitro benzene ring substituents is 1. The van der Waals surface area contributed by atoms with Crippen molar-refractivity contribution in [2.24, 2.45) is 0 Å². The van der Waals surface area contributed by atoms with Crippen LogP contribution in [-0.2, 0) is 12.4 Å². The first kappa shape index (κ1) is 15.8. The summed E-state index contributed by atoms with van der Waals surface area (Å²) in [5, 5.41) is 10.5. The second-order valence-corrected chi connectivity index (χ2v) is 4.12. The maximum atomic E-state index is 12.9. The van der Waals surface area contributed by atoms with Crippen LogP contribution in [0.25, 0.3) is 5.69 Å². The van der Waals surface area contributed by atoms with Crippen LogP contribution >= 0.6 is 0 Å². The second-order valence-electron chi connectivity index (χ2n) is 4.12. The Hall–Kier alpha value is -2.59. The molecule has 1 aromatic carbocycles. The molecule has 11 heteroatoms. The third-order valence-corrected chi connectivity index (χ3v) is 2.65. The molecule has 0 aliphatic rings. The Balaban J connectivity index is 2.60. The fourth-order valence-corrected chi connectivity index (χ4v) is 1.69. The first-order valence-electron chi connectivity index (χ1n) is 5.47. The Labute approximate surface area is 118 Å². The molecule has 2 aromatic rings. The molecular formula is C11H5F6N3O2. The molecule has 0 fully saturated rings. The number of imidazole rings is 1. The molecule has 118 valence electrons. The topological polar surface area (TPSA) is 61.0 Å². The molecule has 0 bridgehead atoms. The van der Waals surface area contributed by atoms with Gasteiger partial charge in [-0.3, -0.25) is 10.1 Å². The Morgan fingerprint density at radius 1 is 1.09 bits per heavy atom. The Morgan fingerprint density at radius 3 is 2.18 bits per heavy atom. The summed E-state index contributed by atoms with van der Waals surface area (Å²) in [4.78, 5) is 12.5. The van der Waals surface area contributed by atoms with Gasteiger partial charge in [-0.1, -0.05) is 0 Å². The number of rotatable bonds is 2. The van der Waals surface area contributed by atoms with Crippen molar-refractivity contribution < 1.29 is 31.3 Å². The van der Waals surface area contributed by atoms with Crippen molar-refractivity contribution in [1.82, 2.24) is 9.55 Å². The minimum atomic E-state index is -4.98. The van der Waals surface area contributed by atoms with Crippen molar-refractivity contribution in [3.05, 3.63) is 52.1 Å². The van der Waals surface area contributed by atoms with E-state index in [0.29, 0.717) is 23.2 Å². The summed E-state index contributed by atoms with van der Waals surface area (Å²) >= 11 is 0. The molecule has 0 aliphatic heterocycles. The minimum Gasteiger partial charge on any atom is -0.305 e. The highest BCUT2D eigenvalue weighted by atomic mass is 19.4. The lowest BCUT2D eigenvalue weighted by Crippen LogP contribution is -2.11. The van der Waals surface area contributed by atoms with Gasteiger partial charge in [-0.15, -0.1) is 0 Å². The molecule has 0 aliphatic carbocycles. The highest BCUT2D eigenvalue weighted by Crippen LogP contribution is 2.37. The van der Waals surface area contributed by atoms with Crippen LogP contribution < -0.4 is 0 Å². The van der Waals surface area contributed by atoms with Crippen LogP contribution in [0.1, 0.15) is 11.3 Å². The summed E-state index contributed by atoms with van der Waals surface area (Å²) in [6.07, 6.45) is -8.87. The predicted octanol–water partition coefficient (Wildman–Crippen LogP) is 3.82. The summed E-state index contributed by atoms with van der Waals surface area (Å²) in [5.41, 5.74) is -4.33. The van der Waals surface area contributed by atoms with Gasteiger partial charge in [0.2, 0.25) is 0 Å². The maximum Gasteiger partial charge on any atom is 0.434 e. The van der Waals surface area contributed by atoms with Crippen molar-refractivity contribution in [2.75, 3.05) is 0 Å². The summed E-state index contributed by atoms with van der Waals surface area (Å²) in [7, 11) is 0. The molecular weight excluding hydrogens is 320 g/mol.